The van der Waals surface area contributed by atoms with Gasteiger partial charge in [-0.2, -0.15) is 16.4 Å². The fraction of sp³-hybridized carbons (Fsp3) is 0.231. The maximum Gasteiger partial charge on any atom is 0.240 e. The smallest absolute Gasteiger partial charge is 0.240 e. The molecule has 18 heavy (non-hydrogen) atoms. The van der Waals surface area contributed by atoms with Gasteiger partial charge in [-0.1, -0.05) is 0 Å². The minimum Gasteiger partial charge on any atom is -0.467 e. The van der Waals surface area contributed by atoms with Gasteiger partial charge < -0.3 is 4.42 Å². The number of hydrogen-bond donors (Lipinski definition) is 0. The van der Waals surface area contributed by atoms with Gasteiger partial charge in [0.25, 0.3) is 0 Å². The van der Waals surface area contributed by atoms with E-state index in [0.717, 1.165) is 17.0 Å². The molecule has 92 valence electrons. The molecule has 1 atom stereocenters. The van der Waals surface area contributed by atoms with E-state index in [0.29, 0.717) is 6.42 Å². The molecule has 1 aliphatic heterocycles. The SMILES string of the molecule is CC(=O)N1N=C(c2ccsc2)CC1c1ccco1. The van der Waals surface area contributed by atoms with Crippen molar-refractivity contribution in [3.63, 3.8) is 0 Å². The van der Waals surface area contributed by atoms with Gasteiger partial charge in [-0.15, -0.1) is 0 Å². The summed E-state index contributed by atoms with van der Waals surface area (Å²) in [5, 5.41) is 9.97. The van der Waals surface area contributed by atoms with E-state index in [4.69, 9.17) is 4.42 Å². The zero-order chi connectivity index (χ0) is 12.5. The number of rotatable bonds is 2. The predicted molar refractivity (Wildman–Crippen MR) is 69.4 cm³/mol. The summed E-state index contributed by atoms with van der Waals surface area (Å²) in [7, 11) is 0. The Balaban J connectivity index is 1.93. The quantitative estimate of drug-likeness (QED) is 0.833. The summed E-state index contributed by atoms with van der Waals surface area (Å²) < 4.78 is 5.40. The third-order valence-corrected chi connectivity index (χ3v) is 3.64. The number of carbonyl (C=O) groups is 1. The van der Waals surface area contributed by atoms with E-state index in [1.165, 1.54) is 11.9 Å². The summed E-state index contributed by atoms with van der Waals surface area (Å²) in [4.78, 5) is 11.6. The molecule has 5 heteroatoms. The summed E-state index contributed by atoms with van der Waals surface area (Å²) in [5.41, 5.74) is 2.02. The van der Waals surface area contributed by atoms with Gasteiger partial charge in [-0.3, -0.25) is 4.79 Å². The number of hydrogen-bond acceptors (Lipinski definition) is 4. The maximum atomic E-state index is 11.6. The van der Waals surface area contributed by atoms with Crippen LogP contribution in [0, 0.1) is 0 Å². The van der Waals surface area contributed by atoms with Crippen molar-refractivity contribution >= 4 is 23.0 Å². The van der Waals surface area contributed by atoms with Crippen molar-refractivity contribution in [3.05, 3.63) is 46.5 Å². The van der Waals surface area contributed by atoms with Crippen LogP contribution in [0.2, 0.25) is 0 Å². The molecule has 3 rings (SSSR count). The van der Waals surface area contributed by atoms with Gasteiger partial charge in [0.1, 0.15) is 11.8 Å². The Labute approximate surface area is 109 Å². The molecule has 1 unspecified atom stereocenters. The van der Waals surface area contributed by atoms with Crippen LogP contribution in [0.15, 0.2) is 44.7 Å². The zero-order valence-electron chi connectivity index (χ0n) is 9.87. The highest BCUT2D eigenvalue weighted by molar-refractivity contribution is 7.08. The molecule has 0 aromatic carbocycles. The Morgan fingerprint density at radius 2 is 2.44 bits per heavy atom. The molecule has 4 nitrogen and oxygen atoms in total. The molecule has 1 amide bonds. The Kier molecular flexibility index (Phi) is 2.76. The van der Waals surface area contributed by atoms with E-state index in [1.54, 1.807) is 17.6 Å². The van der Waals surface area contributed by atoms with Crippen molar-refractivity contribution < 1.29 is 9.21 Å². The molecule has 2 aromatic heterocycles. The van der Waals surface area contributed by atoms with E-state index < -0.39 is 0 Å². The molecular formula is C13H12N2O2S. The highest BCUT2D eigenvalue weighted by Gasteiger charge is 2.33. The molecule has 0 N–H and O–H groups in total. The van der Waals surface area contributed by atoms with E-state index >= 15 is 0 Å². The molecule has 0 aliphatic carbocycles. The Hall–Kier alpha value is -1.88. The third kappa shape index (κ3) is 1.86. The molecule has 1 aliphatic rings. The first kappa shape index (κ1) is 11.2. The van der Waals surface area contributed by atoms with Crippen molar-refractivity contribution in [3.8, 4) is 0 Å². The minimum absolute atomic E-state index is 0.0679. The van der Waals surface area contributed by atoms with Gasteiger partial charge in [-0.05, 0) is 29.0 Å². The highest BCUT2D eigenvalue weighted by atomic mass is 32.1. The van der Waals surface area contributed by atoms with Gasteiger partial charge in [0.2, 0.25) is 5.91 Å². The van der Waals surface area contributed by atoms with Crippen LogP contribution in [0.4, 0.5) is 0 Å². The fourth-order valence-corrected chi connectivity index (χ4v) is 2.77. The minimum atomic E-state index is -0.118. The Morgan fingerprint density at radius 3 is 3.06 bits per heavy atom. The summed E-state index contributed by atoms with van der Waals surface area (Å²) >= 11 is 1.63. The predicted octanol–water partition coefficient (Wildman–Crippen LogP) is 3.04. The third-order valence-electron chi connectivity index (χ3n) is 2.96. The number of nitrogens with zero attached hydrogens (tertiary/aromatic N) is 2. The van der Waals surface area contributed by atoms with Gasteiger partial charge in [0.05, 0.1) is 12.0 Å². The van der Waals surface area contributed by atoms with Crippen LogP contribution < -0.4 is 0 Å². The normalized spacial score (nSPS) is 19.1. The van der Waals surface area contributed by atoms with Crippen LogP contribution >= 0.6 is 11.3 Å². The average molecular weight is 260 g/mol. The zero-order valence-corrected chi connectivity index (χ0v) is 10.7. The molecular weight excluding hydrogens is 248 g/mol. The highest BCUT2D eigenvalue weighted by Crippen LogP contribution is 2.33. The summed E-state index contributed by atoms with van der Waals surface area (Å²) in [5.74, 6) is 0.709. The second kappa shape index (κ2) is 4.42. The molecule has 3 heterocycles. The number of furan rings is 1. The maximum absolute atomic E-state index is 11.6. The van der Waals surface area contributed by atoms with Crippen LogP contribution in [0.3, 0.4) is 0 Å². The number of carbonyl (C=O) groups excluding carboxylic acids is 1. The molecule has 0 radical (unpaired) electrons. The fourth-order valence-electron chi connectivity index (χ4n) is 2.11. The molecule has 0 saturated heterocycles. The van der Waals surface area contributed by atoms with Gasteiger partial charge in [0.15, 0.2) is 0 Å². The van der Waals surface area contributed by atoms with Gasteiger partial charge in [0, 0.05) is 18.9 Å². The van der Waals surface area contributed by atoms with Crippen LogP contribution in [0.25, 0.3) is 0 Å². The first-order valence-corrected chi connectivity index (χ1v) is 6.63. The Bertz CT molecular complexity index is 572. The van der Waals surface area contributed by atoms with Crippen LogP contribution in [0.1, 0.15) is 30.7 Å². The molecule has 0 spiro atoms. The van der Waals surface area contributed by atoms with Crippen LogP contribution in [-0.2, 0) is 4.79 Å². The topological polar surface area (TPSA) is 45.8 Å². The first-order chi connectivity index (χ1) is 8.75. The number of amides is 1. The number of hydrazone groups is 1. The van der Waals surface area contributed by atoms with E-state index in [9.17, 15) is 4.79 Å². The van der Waals surface area contributed by atoms with E-state index in [-0.39, 0.29) is 11.9 Å². The van der Waals surface area contributed by atoms with Crippen LogP contribution in [-0.4, -0.2) is 16.6 Å². The molecule has 2 aromatic rings. The lowest BCUT2D eigenvalue weighted by atomic mass is 10.1. The van der Waals surface area contributed by atoms with Crippen molar-refractivity contribution in [1.82, 2.24) is 5.01 Å². The lowest BCUT2D eigenvalue weighted by Gasteiger charge is -2.17. The largest absolute Gasteiger partial charge is 0.467 e. The second-order valence-electron chi connectivity index (χ2n) is 4.16. The first-order valence-electron chi connectivity index (χ1n) is 5.69. The lowest BCUT2D eigenvalue weighted by molar-refractivity contribution is -0.130. The molecule has 0 saturated carbocycles. The summed E-state index contributed by atoms with van der Waals surface area (Å²) in [6, 6.07) is 5.61. The van der Waals surface area contributed by atoms with Crippen LogP contribution in [0.5, 0.6) is 0 Å². The van der Waals surface area contributed by atoms with Crippen molar-refractivity contribution in [2.24, 2.45) is 5.10 Å². The Morgan fingerprint density at radius 1 is 1.56 bits per heavy atom. The standard InChI is InChI=1S/C13H12N2O2S/c1-9(16)15-12(13-3-2-5-17-13)7-11(14-15)10-4-6-18-8-10/h2-6,8,12H,7H2,1H3. The van der Waals surface area contributed by atoms with Crippen molar-refractivity contribution in [2.75, 3.05) is 0 Å². The monoisotopic (exact) mass is 260 g/mol. The summed E-state index contributed by atoms with van der Waals surface area (Å²) in [6.07, 6.45) is 2.32. The van der Waals surface area contributed by atoms with E-state index in [2.05, 4.69) is 5.10 Å². The van der Waals surface area contributed by atoms with Crippen molar-refractivity contribution in [1.29, 1.82) is 0 Å². The van der Waals surface area contributed by atoms with Gasteiger partial charge >= 0.3 is 0 Å². The van der Waals surface area contributed by atoms with Crippen molar-refractivity contribution in [2.45, 2.75) is 19.4 Å². The average Bonchev–Trinajstić information content (AvgIpc) is 3.10. The van der Waals surface area contributed by atoms with E-state index in [1.807, 2.05) is 29.0 Å². The number of thiophene rings is 1. The lowest BCUT2D eigenvalue weighted by Crippen LogP contribution is -2.23. The molecule has 0 fully saturated rings. The molecule has 0 bridgehead atoms. The van der Waals surface area contributed by atoms with Gasteiger partial charge in [-0.25, -0.2) is 5.01 Å². The summed E-state index contributed by atoms with van der Waals surface area (Å²) in [6.45, 7) is 1.52. The second-order valence-corrected chi connectivity index (χ2v) is 4.94.